The minimum Gasteiger partial charge on any atom is -0.507 e. The maximum absolute atomic E-state index is 13.1. The van der Waals surface area contributed by atoms with Crippen LogP contribution in [0.3, 0.4) is 0 Å². The summed E-state index contributed by atoms with van der Waals surface area (Å²) in [6.45, 7) is 2.32. The van der Waals surface area contributed by atoms with Gasteiger partial charge in [-0.1, -0.05) is 47.5 Å². The molecule has 31 heavy (non-hydrogen) atoms. The number of likely N-dealkylation sites (N-methyl/N-ethyl adjacent to an activating group) is 1. The van der Waals surface area contributed by atoms with Crippen LogP contribution in [0.2, 0.25) is 10.0 Å². The van der Waals surface area contributed by atoms with Gasteiger partial charge in [0.05, 0.1) is 10.6 Å². The van der Waals surface area contributed by atoms with Crippen molar-refractivity contribution in [2.45, 2.75) is 0 Å². The van der Waals surface area contributed by atoms with Crippen molar-refractivity contribution in [3.63, 3.8) is 0 Å². The molecule has 1 aliphatic rings. The van der Waals surface area contributed by atoms with Gasteiger partial charge in [0.15, 0.2) is 0 Å². The molecule has 1 fully saturated rings. The third kappa shape index (κ3) is 5.58. The Hall–Kier alpha value is -2.54. The number of carbonyl (C=O) groups excluding carboxylic acids is 2. The first-order valence-electron chi connectivity index (χ1n) is 9.94. The van der Waals surface area contributed by atoms with Gasteiger partial charge in [0.1, 0.15) is 5.75 Å². The summed E-state index contributed by atoms with van der Waals surface area (Å²) in [6.07, 6.45) is 3.39. The molecular weight excluding hydrogens is 437 g/mol. The van der Waals surface area contributed by atoms with Crippen molar-refractivity contribution >= 4 is 35.0 Å². The Balaban J connectivity index is 1.73. The highest BCUT2D eigenvalue weighted by atomic mass is 35.5. The number of aromatic hydroxyl groups is 1. The molecule has 1 aliphatic heterocycles. The minimum atomic E-state index is -0.308. The summed E-state index contributed by atoms with van der Waals surface area (Å²) in [6, 6.07) is 10.1. The first-order chi connectivity index (χ1) is 14.8. The SMILES string of the molecule is CN(C)CC=CC(=O)N1CCN(C(=O)c2cc(-c3ccccc3Cl)c(Cl)cc2O)CC1. The fourth-order valence-electron chi connectivity index (χ4n) is 3.39. The van der Waals surface area contributed by atoms with Crippen molar-refractivity contribution in [1.29, 1.82) is 0 Å². The van der Waals surface area contributed by atoms with E-state index in [2.05, 4.69) is 0 Å². The molecular formula is C23H25Cl2N3O3. The molecule has 0 aromatic heterocycles. The zero-order chi connectivity index (χ0) is 22.5. The fraction of sp³-hybridized carbons (Fsp3) is 0.304. The lowest BCUT2D eigenvalue weighted by Crippen LogP contribution is -2.50. The smallest absolute Gasteiger partial charge is 0.257 e. The fourth-order valence-corrected chi connectivity index (χ4v) is 3.89. The molecule has 2 aromatic rings. The molecule has 6 nitrogen and oxygen atoms in total. The van der Waals surface area contributed by atoms with Crippen molar-refractivity contribution in [2.75, 3.05) is 46.8 Å². The number of phenolic OH excluding ortho intramolecular Hbond substituents is 1. The predicted molar refractivity (Wildman–Crippen MR) is 124 cm³/mol. The van der Waals surface area contributed by atoms with Crippen molar-refractivity contribution < 1.29 is 14.7 Å². The number of phenols is 1. The van der Waals surface area contributed by atoms with Gasteiger partial charge in [-0.2, -0.15) is 0 Å². The Morgan fingerprint density at radius 3 is 2.29 bits per heavy atom. The average molecular weight is 462 g/mol. The average Bonchev–Trinajstić information content (AvgIpc) is 2.74. The van der Waals surface area contributed by atoms with E-state index >= 15 is 0 Å². The van der Waals surface area contributed by atoms with Crippen LogP contribution in [-0.4, -0.2) is 78.4 Å². The summed E-state index contributed by atoms with van der Waals surface area (Å²) >= 11 is 12.6. The number of benzene rings is 2. The van der Waals surface area contributed by atoms with E-state index < -0.39 is 0 Å². The molecule has 8 heteroatoms. The normalized spacial score (nSPS) is 14.5. The molecule has 1 heterocycles. The summed E-state index contributed by atoms with van der Waals surface area (Å²) in [5, 5.41) is 11.2. The number of carbonyl (C=O) groups is 2. The van der Waals surface area contributed by atoms with Crippen LogP contribution in [0.15, 0.2) is 48.6 Å². The second-order valence-corrected chi connectivity index (χ2v) is 8.43. The van der Waals surface area contributed by atoms with Crippen LogP contribution in [0.4, 0.5) is 0 Å². The molecule has 2 aromatic carbocycles. The van der Waals surface area contributed by atoms with Crippen LogP contribution < -0.4 is 0 Å². The first kappa shape index (κ1) is 23.1. The zero-order valence-electron chi connectivity index (χ0n) is 17.5. The van der Waals surface area contributed by atoms with Gasteiger partial charge in [-0.25, -0.2) is 0 Å². The van der Waals surface area contributed by atoms with Gasteiger partial charge >= 0.3 is 0 Å². The van der Waals surface area contributed by atoms with Crippen molar-refractivity contribution in [1.82, 2.24) is 14.7 Å². The summed E-state index contributed by atoms with van der Waals surface area (Å²) in [4.78, 5) is 30.7. The molecule has 0 aliphatic carbocycles. The van der Waals surface area contributed by atoms with E-state index in [4.69, 9.17) is 23.2 Å². The summed E-state index contributed by atoms with van der Waals surface area (Å²) < 4.78 is 0. The highest BCUT2D eigenvalue weighted by Crippen LogP contribution is 2.37. The highest BCUT2D eigenvalue weighted by molar-refractivity contribution is 6.36. The van der Waals surface area contributed by atoms with E-state index in [0.717, 1.165) is 0 Å². The molecule has 0 atom stereocenters. The van der Waals surface area contributed by atoms with Crippen LogP contribution in [-0.2, 0) is 4.79 Å². The third-order valence-corrected chi connectivity index (χ3v) is 5.73. The van der Waals surface area contributed by atoms with Gasteiger partial charge in [-0.3, -0.25) is 9.59 Å². The number of rotatable bonds is 5. The Morgan fingerprint density at radius 2 is 1.65 bits per heavy atom. The maximum Gasteiger partial charge on any atom is 0.257 e. The lowest BCUT2D eigenvalue weighted by atomic mass is 10.0. The Labute approximate surface area is 192 Å². The van der Waals surface area contributed by atoms with Gasteiger partial charge in [-0.05, 0) is 32.3 Å². The Morgan fingerprint density at radius 1 is 1.00 bits per heavy atom. The standard InChI is InChI=1S/C23H25Cl2N3O3/c1-26(2)9-5-8-22(30)27-10-12-28(13-11-27)23(31)18-14-17(20(25)15-21(18)29)16-6-3-4-7-19(16)24/h3-8,14-15,29H,9-13H2,1-2H3. The van der Waals surface area contributed by atoms with E-state index in [1.54, 1.807) is 28.0 Å². The van der Waals surface area contributed by atoms with Gasteiger partial charge in [0.2, 0.25) is 5.91 Å². The van der Waals surface area contributed by atoms with Crippen molar-refractivity contribution in [3.8, 4) is 16.9 Å². The first-order valence-corrected chi connectivity index (χ1v) is 10.7. The Bertz CT molecular complexity index is 1000. The predicted octanol–water partition coefficient (Wildman–Crippen LogP) is 3.77. The molecule has 0 spiro atoms. The molecule has 0 radical (unpaired) electrons. The number of hydrogen-bond donors (Lipinski definition) is 1. The minimum absolute atomic E-state index is 0.0655. The zero-order valence-corrected chi connectivity index (χ0v) is 19.0. The molecule has 0 saturated carbocycles. The van der Waals surface area contributed by atoms with Crippen LogP contribution in [0.25, 0.3) is 11.1 Å². The van der Waals surface area contributed by atoms with Crippen molar-refractivity contribution in [3.05, 3.63) is 64.2 Å². The summed E-state index contributed by atoms with van der Waals surface area (Å²) in [7, 11) is 3.87. The molecule has 1 N–H and O–H groups in total. The lowest BCUT2D eigenvalue weighted by molar-refractivity contribution is -0.127. The second kappa shape index (κ2) is 10.2. The van der Waals surface area contributed by atoms with E-state index in [-0.39, 0.29) is 23.1 Å². The van der Waals surface area contributed by atoms with Crippen LogP contribution >= 0.6 is 23.2 Å². The summed E-state index contributed by atoms with van der Waals surface area (Å²) in [5.41, 5.74) is 1.42. The number of hydrogen-bond acceptors (Lipinski definition) is 4. The topological polar surface area (TPSA) is 64.1 Å². The monoisotopic (exact) mass is 461 g/mol. The van der Waals surface area contributed by atoms with Gasteiger partial charge in [0, 0.05) is 54.9 Å². The molecule has 164 valence electrons. The number of piperazine rings is 1. The Kier molecular flexibility index (Phi) is 7.59. The van der Waals surface area contributed by atoms with E-state index in [1.165, 1.54) is 6.07 Å². The van der Waals surface area contributed by atoms with E-state index in [9.17, 15) is 14.7 Å². The number of halogens is 2. The molecule has 0 bridgehead atoms. The van der Waals surface area contributed by atoms with Gasteiger partial charge in [0.25, 0.3) is 5.91 Å². The highest BCUT2D eigenvalue weighted by Gasteiger charge is 2.26. The number of amides is 2. The number of nitrogens with zero attached hydrogens (tertiary/aromatic N) is 3. The van der Waals surface area contributed by atoms with Crippen molar-refractivity contribution in [2.24, 2.45) is 0 Å². The van der Waals surface area contributed by atoms with E-state index in [0.29, 0.717) is 53.9 Å². The largest absolute Gasteiger partial charge is 0.507 e. The van der Waals surface area contributed by atoms with Crippen LogP contribution in [0.5, 0.6) is 5.75 Å². The van der Waals surface area contributed by atoms with Gasteiger partial charge < -0.3 is 19.8 Å². The van der Waals surface area contributed by atoms with Crippen LogP contribution in [0.1, 0.15) is 10.4 Å². The quantitative estimate of drug-likeness (QED) is 0.688. The molecule has 1 saturated heterocycles. The lowest BCUT2D eigenvalue weighted by Gasteiger charge is -2.34. The van der Waals surface area contributed by atoms with Crippen LogP contribution in [0, 0.1) is 0 Å². The molecule has 2 amide bonds. The molecule has 0 unspecified atom stereocenters. The molecule has 3 rings (SSSR count). The van der Waals surface area contributed by atoms with Gasteiger partial charge in [-0.15, -0.1) is 0 Å². The second-order valence-electron chi connectivity index (χ2n) is 7.61. The summed E-state index contributed by atoms with van der Waals surface area (Å²) in [5.74, 6) is -0.557. The van der Waals surface area contributed by atoms with E-state index in [1.807, 2.05) is 43.3 Å². The third-order valence-electron chi connectivity index (χ3n) is 5.09. The maximum atomic E-state index is 13.1.